The first-order chi connectivity index (χ1) is 14.2. The van der Waals surface area contributed by atoms with Crippen molar-refractivity contribution in [2.75, 3.05) is 13.1 Å². The van der Waals surface area contributed by atoms with Gasteiger partial charge in [0, 0.05) is 24.2 Å². The molecule has 0 N–H and O–H groups in total. The van der Waals surface area contributed by atoms with Gasteiger partial charge >= 0.3 is 0 Å². The predicted molar refractivity (Wildman–Crippen MR) is 123 cm³/mol. The van der Waals surface area contributed by atoms with E-state index in [0.29, 0.717) is 44.3 Å². The van der Waals surface area contributed by atoms with Gasteiger partial charge in [-0.2, -0.15) is 0 Å². The average molecular weight is 479 g/mol. The molecule has 1 heterocycles. The highest BCUT2D eigenvalue weighted by atomic mass is 35.5. The van der Waals surface area contributed by atoms with Gasteiger partial charge in [-0.3, -0.25) is 9.59 Å². The molecule has 7 heteroatoms. The Kier molecular flexibility index (Phi) is 5.58. The minimum absolute atomic E-state index is 0.0714. The number of hydrogen-bond acceptors (Lipinski definition) is 2. The fourth-order valence-electron chi connectivity index (χ4n) is 3.84. The Morgan fingerprint density at radius 1 is 0.867 bits per heavy atom. The normalized spacial score (nSPS) is 19.7. The number of carbonyl (C=O) groups is 2. The summed E-state index contributed by atoms with van der Waals surface area (Å²) in [7, 11) is 0. The van der Waals surface area contributed by atoms with Crippen LogP contribution in [-0.4, -0.2) is 29.7 Å². The van der Waals surface area contributed by atoms with Gasteiger partial charge < -0.3 is 4.90 Å². The van der Waals surface area contributed by atoms with Gasteiger partial charge in [-0.15, -0.1) is 0 Å². The zero-order chi connectivity index (χ0) is 21.6. The quantitative estimate of drug-likeness (QED) is 0.481. The number of carbonyl (C=O) groups excluding carboxylic acids is 2. The highest BCUT2D eigenvalue weighted by Crippen LogP contribution is 2.55. The van der Waals surface area contributed by atoms with Crippen LogP contribution in [0, 0.1) is 5.41 Å². The predicted octanol–water partition coefficient (Wildman–Crippen LogP) is 6.36. The molecule has 0 atom stereocenters. The Balaban J connectivity index is 1.74. The average Bonchev–Trinajstić information content (AvgIpc) is 2.69. The van der Waals surface area contributed by atoms with Crippen LogP contribution in [0.3, 0.4) is 0 Å². The van der Waals surface area contributed by atoms with Crippen LogP contribution in [0.1, 0.15) is 11.1 Å². The minimum Gasteiger partial charge on any atom is -0.337 e. The summed E-state index contributed by atoms with van der Waals surface area (Å²) in [6, 6.07) is 10.4. The molecule has 2 aliphatic rings. The number of rotatable bonds is 3. The maximum Gasteiger partial charge on any atom is 0.246 e. The molecule has 0 radical (unpaired) electrons. The Morgan fingerprint density at radius 2 is 1.33 bits per heavy atom. The van der Waals surface area contributed by atoms with Crippen molar-refractivity contribution in [3.05, 3.63) is 91.4 Å². The number of Topliss-reactive ketones (excluding diaryl/α,β-unsaturated/α-hetero) is 1. The van der Waals surface area contributed by atoms with Gasteiger partial charge in [0.05, 0.1) is 25.5 Å². The van der Waals surface area contributed by atoms with E-state index in [-0.39, 0.29) is 11.7 Å². The first-order valence-corrected chi connectivity index (χ1v) is 10.6. The van der Waals surface area contributed by atoms with Gasteiger partial charge in [0.25, 0.3) is 0 Å². The lowest BCUT2D eigenvalue weighted by molar-refractivity contribution is -0.139. The first kappa shape index (κ1) is 21.2. The summed E-state index contributed by atoms with van der Waals surface area (Å²) < 4.78 is 0. The smallest absolute Gasteiger partial charge is 0.246 e. The standard InChI is InChI=1S/C23H15Cl4NO2/c1-2-21(29)28-11-23(12-28)15(7-13-3-5-17(24)19(26)9-13)22(30)16(23)8-14-4-6-18(25)20(27)10-14/h2-10H,1,11-12H2/b15-7-,16-8-. The lowest BCUT2D eigenvalue weighted by Crippen LogP contribution is -2.66. The Morgan fingerprint density at radius 3 is 1.73 bits per heavy atom. The number of ketones is 1. The third-order valence-electron chi connectivity index (χ3n) is 5.44. The number of amides is 1. The fraction of sp³-hybridized carbons (Fsp3) is 0.130. The van der Waals surface area contributed by atoms with E-state index in [1.165, 1.54) is 6.08 Å². The molecule has 1 aliphatic heterocycles. The van der Waals surface area contributed by atoms with Crippen LogP contribution in [0.15, 0.2) is 60.2 Å². The molecule has 2 aromatic rings. The van der Waals surface area contributed by atoms with Crippen LogP contribution >= 0.6 is 46.4 Å². The first-order valence-electron chi connectivity index (χ1n) is 9.06. The third-order valence-corrected chi connectivity index (χ3v) is 6.92. The maximum absolute atomic E-state index is 13.1. The van der Waals surface area contributed by atoms with E-state index < -0.39 is 5.41 Å². The van der Waals surface area contributed by atoms with E-state index >= 15 is 0 Å². The molecule has 2 fully saturated rings. The van der Waals surface area contributed by atoms with Crippen LogP contribution in [-0.2, 0) is 9.59 Å². The largest absolute Gasteiger partial charge is 0.337 e. The van der Waals surface area contributed by atoms with Crippen molar-refractivity contribution in [1.82, 2.24) is 4.90 Å². The molecule has 0 unspecified atom stereocenters. The summed E-state index contributed by atoms with van der Waals surface area (Å²) >= 11 is 24.2. The SMILES string of the molecule is C=CC(=O)N1CC2(C1)/C(=C\c1ccc(Cl)c(Cl)c1)C(=O)/C2=C/c1ccc(Cl)c(Cl)c1. The van der Waals surface area contributed by atoms with Crippen LogP contribution in [0.2, 0.25) is 20.1 Å². The van der Waals surface area contributed by atoms with Gasteiger partial charge in [0.2, 0.25) is 5.91 Å². The molecule has 0 aromatic heterocycles. The monoisotopic (exact) mass is 477 g/mol. The Hall–Kier alpha value is -2.04. The molecule has 152 valence electrons. The second kappa shape index (κ2) is 7.90. The molecule has 1 saturated carbocycles. The van der Waals surface area contributed by atoms with Crippen molar-refractivity contribution in [3.8, 4) is 0 Å². The Bertz CT molecular complexity index is 1090. The van der Waals surface area contributed by atoms with E-state index in [1.807, 2.05) is 12.2 Å². The van der Waals surface area contributed by atoms with E-state index in [2.05, 4.69) is 6.58 Å². The summed E-state index contributed by atoms with van der Waals surface area (Å²) in [5, 5.41) is 1.71. The highest BCUT2D eigenvalue weighted by Gasteiger charge is 2.61. The van der Waals surface area contributed by atoms with Crippen molar-refractivity contribution in [1.29, 1.82) is 0 Å². The Labute approximate surface area is 194 Å². The van der Waals surface area contributed by atoms with Crippen molar-refractivity contribution in [3.63, 3.8) is 0 Å². The molecule has 4 rings (SSSR count). The van der Waals surface area contributed by atoms with Crippen molar-refractivity contribution in [2.24, 2.45) is 5.41 Å². The van der Waals surface area contributed by atoms with Crippen LogP contribution in [0.5, 0.6) is 0 Å². The van der Waals surface area contributed by atoms with E-state index in [9.17, 15) is 9.59 Å². The van der Waals surface area contributed by atoms with Crippen LogP contribution in [0.4, 0.5) is 0 Å². The van der Waals surface area contributed by atoms with E-state index in [4.69, 9.17) is 46.4 Å². The van der Waals surface area contributed by atoms with Crippen molar-refractivity contribution in [2.45, 2.75) is 0 Å². The van der Waals surface area contributed by atoms with Crippen molar-refractivity contribution < 1.29 is 9.59 Å². The van der Waals surface area contributed by atoms with Gasteiger partial charge in [-0.25, -0.2) is 0 Å². The maximum atomic E-state index is 13.1. The zero-order valence-corrected chi connectivity index (χ0v) is 18.6. The molecule has 0 bridgehead atoms. The second-order valence-corrected chi connectivity index (χ2v) is 8.90. The summed E-state index contributed by atoms with van der Waals surface area (Å²) in [6.45, 7) is 4.35. The molecule has 3 nitrogen and oxygen atoms in total. The number of likely N-dealkylation sites (tertiary alicyclic amines) is 1. The molecule has 1 saturated heterocycles. The lowest BCUT2D eigenvalue weighted by atomic mass is 9.54. The van der Waals surface area contributed by atoms with Crippen molar-refractivity contribution >= 4 is 70.2 Å². The lowest BCUT2D eigenvalue weighted by Gasteiger charge is -2.57. The number of benzene rings is 2. The highest BCUT2D eigenvalue weighted by molar-refractivity contribution is 6.42. The van der Waals surface area contributed by atoms with Crippen LogP contribution < -0.4 is 0 Å². The molecule has 2 aromatic carbocycles. The van der Waals surface area contributed by atoms with Gasteiger partial charge in [-0.05, 0) is 53.6 Å². The third kappa shape index (κ3) is 3.50. The van der Waals surface area contributed by atoms with E-state index in [1.54, 1.807) is 41.3 Å². The number of halogens is 4. The fourth-order valence-corrected chi connectivity index (χ4v) is 4.45. The topological polar surface area (TPSA) is 37.4 Å². The summed E-state index contributed by atoms with van der Waals surface area (Å²) in [4.78, 5) is 26.7. The summed E-state index contributed by atoms with van der Waals surface area (Å²) in [6.07, 6.45) is 4.90. The number of nitrogens with zero attached hydrogens (tertiary/aromatic N) is 1. The molecular weight excluding hydrogens is 464 g/mol. The van der Waals surface area contributed by atoms with E-state index in [0.717, 1.165) is 11.1 Å². The molecular formula is C23H15Cl4NO2. The number of hydrogen-bond donors (Lipinski definition) is 0. The summed E-state index contributed by atoms with van der Waals surface area (Å²) in [5.74, 6) is -0.236. The molecule has 1 spiro atoms. The zero-order valence-electron chi connectivity index (χ0n) is 15.6. The molecule has 1 aliphatic carbocycles. The van der Waals surface area contributed by atoms with Gasteiger partial charge in [0.1, 0.15) is 0 Å². The van der Waals surface area contributed by atoms with Gasteiger partial charge in [0.15, 0.2) is 5.78 Å². The second-order valence-electron chi connectivity index (χ2n) is 7.27. The summed E-state index contributed by atoms with van der Waals surface area (Å²) in [5.41, 5.74) is 2.29. The van der Waals surface area contributed by atoms with Gasteiger partial charge in [-0.1, -0.05) is 65.1 Å². The minimum atomic E-state index is -0.534. The molecule has 1 amide bonds. The molecule has 30 heavy (non-hydrogen) atoms. The van der Waals surface area contributed by atoms with Crippen LogP contribution in [0.25, 0.3) is 12.2 Å².